The Morgan fingerprint density at radius 3 is 2.48 bits per heavy atom. The summed E-state index contributed by atoms with van der Waals surface area (Å²) in [6, 6.07) is 16.6. The highest BCUT2D eigenvalue weighted by Crippen LogP contribution is 2.19. The first-order chi connectivity index (χ1) is 11.2. The number of hydrogen-bond donors (Lipinski definition) is 1. The van der Waals surface area contributed by atoms with Gasteiger partial charge in [-0.05, 0) is 35.9 Å². The molecule has 1 heterocycles. The third kappa shape index (κ3) is 4.25. The van der Waals surface area contributed by atoms with E-state index in [1.807, 2.05) is 42.5 Å². The molecule has 0 aliphatic carbocycles. The third-order valence-electron chi connectivity index (χ3n) is 2.99. The minimum absolute atomic E-state index is 0.239. The maximum Gasteiger partial charge on any atom is 0.257 e. The fourth-order valence-electron chi connectivity index (χ4n) is 1.85. The number of anilines is 1. The summed E-state index contributed by atoms with van der Waals surface area (Å²) in [5.41, 5.74) is 1.60. The van der Waals surface area contributed by atoms with E-state index in [1.54, 1.807) is 24.3 Å². The molecule has 0 aliphatic heterocycles. The number of hydrogen-bond acceptors (Lipinski definition) is 4. The van der Waals surface area contributed by atoms with Crippen molar-refractivity contribution in [1.29, 1.82) is 0 Å². The lowest BCUT2D eigenvalue weighted by molar-refractivity contribution is 0.102. The zero-order valence-electron chi connectivity index (χ0n) is 11.9. The van der Waals surface area contributed by atoms with Crippen LogP contribution in [0.2, 0.25) is 5.02 Å². The molecule has 2 aromatic carbocycles. The van der Waals surface area contributed by atoms with Crippen LogP contribution >= 0.6 is 22.9 Å². The van der Waals surface area contributed by atoms with Gasteiger partial charge >= 0.3 is 0 Å². The monoisotopic (exact) mass is 341 g/mol. The smallest absolute Gasteiger partial charge is 0.257 e. The van der Waals surface area contributed by atoms with Crippen LogP contribution in [0.5, 0.6) is 0 Å². The number of aromatic nitrogens is 2. The molecule has 0 saturated heterocycles. The van der Waals surface area contributed by atoms with E-state index >= 15 is 0 Å². The van der Waals surface area contributed by atoms with E-state index in [2.05, 4.69) is 15.5 Å². The van der Waals surface area contributed by atoms with Crippen molar-refractivity contribution < 1.29 is 4.79 Å². The number of amides is 1. The van der Waals surface area contributed by atoms with Crippen LogP contribution in [0.25, 0.3) is 12.2 Å². The summed E-state index contributed by atoms with van der Waals surface area (Å²) in [6.45, 7) is 0. The van der Waals surface area contributed by atoms with Gasteiger partial charge in [0.25, 0.3) is 5.91 Å². The van der Waals surface area contributed by atoms with Crippen LogP contribution in [-0.4, -0.2) is 16.1 Å². The van der Waals surface area contributed by atoms with Crippen LogP contribution in [0.3, 0.4) is 0 Å². The molecule has 3 rings (SSSR count). The Balaban J connectivity index is 1.66. The predicted octanol–water partition coefficient (Wildman–Crippen LogP) is 4.61. The molecule has 0 atom stereocenters. The minimum atomic E-state index is -0.239. The molecule has 1 amide bonds. The Hall–Kier alpha value is -2.50. The molecule has 6 heteroatoms. The zero-order valence-corrected chi connectivity index (χ0v) is 13.5. The first kappa shape index (κ1) is 15.4. The summed E-state index contributed by atoms with van der Waals surface area (Å²) in [6.07, 6.45) is 3.82. The number of benzene rings is 2. The van der Waals surface area contributed by atoms with E-state index in [4.69, 9.17) is 11.6 Å². The number of carbonyl (C=O) groups excluding carboxylic acids is 1. The lowest BCUT2D eigenvalue weighted by Gasteiger charge is -2.00. The van der Waals surface area contributed by atoms with E-state index < -0.39 is 0 Å². The maximum atomic E-state index is 12.1. The van der Waals surface area contributed by atoms with Crippen LogP contribution in [0, 0.1) is 0 Å². The molecular formula is C17H12ClN3OS. The lowest BCUT2D eigenvalue weighted by Crippen LogP contribution is -2.11. The number of rotatable bonds is 4. The lowest BCUT2D eigenvalue weighted by atomic mass is 10.2. The molecule has 0 aliphatic rings. The summed E-state index contributed by atoms with van der Waals surface area (Å²) in [5.74, 6) is -0.239. The molecule has 0 bridgehead atoms. The van der Waals surface area contributed by atoms with Gasteiger partial charge in [-0.3, -0.25) is 10.1 Å². The van der Waals surface area contributed by atoms with Gasteiger partial charge in [0, 0.05) is 10.6 Å². The van der Waals surface area contributed by atoms with Gasteiger partial charge in [-0.1, -0.05) is 59.3 Å². The minimum Gasteiger partial charge on any atom is -0.296 e. The highest BCUT2D eigenvalue weighted by molar-refractivity contribution is 7.16. The molecule has 3 aromatic rings. The second-order valence-corrected chi connectivity index (χ2v) is 6.10. The Morgan fingerprint density at radius 2 is 1.74 bits per heavy atom. The number of nitrogens with one attached hydrogen (secondary N) is 1. The van der Waals surface area contributed by atoms with Gasteiger partial charge in [0.1, 0.15) is 5.01 Å². The van der Waals surface area contributed by atoms with Gasteiger partial charge in [0.05, 0.1) is 0 Å². The van der Waals surface area contributed by atoms with Gasteiger partial charge in [-0.25, -0.2) is 0 Å². The molecule has 0 radical (unpaired) electrons. The Labute approximate surface area is 142 Å². The normalized spacial score (nSPS) is 10.8. The molecule has 0 fully saturated rings. The van der Waals surface area contributed by atoms with E-state index in [-0.39, 0.29) is 5.91 Å². The number of halogens is 1. The molecule has 1 aromatic heterocycles. The zero-order chi connectivity index (χ0) is 16.1. The van der Waals surface area contributed by atoms with Crippen LogP contribution in [0.15, 0.2) is 54.6 Å². The molecule has 23 heavy (non-hydrogen) atoms. The highest BCUT2D eigenvalue weighted by Gasteiger charge is 2.09. The fourth-order valence-corrected chi connectivity index (χ4v) is 2.62. The Morgan fingerprint density at radius 1 is 1.00 bits per heavy atom. The van der Waals surface area contributed by atoms with Crippen LogP contribution in [0.4, 0.5) is 5.13 Å². The quantitative estimate of drug-likeness (QED) is 0.753. The largest absolute Gasteiger partial charge is 0.296 e. The summed E-state index contributed by atoms with van der Waals surface area (Å²) < 4.78 is 0. The topological polar surface area (TPSA) is 54.9 Å². The molecule has 0 spiro atoms. The van der Waals surface area contributed by atoms with Gasteiger partial charge in [0.15, 0.2) is 0 Å². The van der Waals surface area contributed by atoms with Crippen molar-refractivity contribution >= 4 is 46.1 Å². The van der Waals surface area contributed by atoms with Crippen molar-refractivity contribution in [3.05, 3.63) is 75.8 Å². The summed E-state index contributed by atoms with van der Waals surface area (Å²) >= 11 is 7.12. The van der Waals surface area contributed by atoms with Crippen molar-refractivity contribution in [2.75, 3.05) is 5.32 Å². The Kier molecular flexibility index (Phi) is 4.80. The average Bonchev–Trinajstić information content (AvgIpc) is 3.02. The van der Waals surface area contributed by atoms with Crippen LogP contribution in [0.1, 0.15) is 20.9 Å². The fraction of sp³-hybridized carbons (Fsp3) is 0. The average molecular weight is 342 g/mol. The van der Waals surface area contributed by atoms with Crippen molar-refractivity contribution in [1.82, 2.24) is 10.2 Å². The van der Waals surface area contributed by atoms with E-state index in [1.165, 1.54) is 11.3 Å². The second kappa shape index (κ2) is 7.17. The molecule has 0 unspecified atom stereocenters. The van der Waals surface area contributed by atoms with Crippen LogP contribution < -0.4 is 5.32 Å². The van der Waals surface area contributed by atoms with Crippen molar-refractivity contribution in [2.45, 2.75) is 0 Å². The first-order valence-electron chi connectivity index (χ1n) is 6.84. The summed E-state index contributed by atoms with van der Waals surface area (Å²) in [5, 5.41) is 12.5. The van der Waals surface area contributed by atoms with E-state index in [0.29, 0.717) is 15.7 Å². The van der Waals surface area contributed by atoms with Gasteiger partial charge in [-0.2, -0.15) is 0 Å². The van der Waals surface area contributed by atoms with E-state index in [0.717, 1.165) is 10.6 Å². The molecule has 1 N–H and O–H groups in total. The predicted molar refractivity (Wildman–Crippen MR) is 94.7 cm³/mol. The van der Waals surface area contributed by atoms with Gasteiger partial charge in [0.2, 0.25) is 5.13 Å². The summed E-state index contributed by atoms with van der Waals surface area (Å²) in [4.78, 5) is 12.1. The van der Waals surface area contributed by atoms with Gasteiger partial charge in [-0.15, -0.1) is 10.2 Å². The maximum absolute atomic E-state index is 12.1. The number of carbonyl (C=O) groups is 1. The summed E-state index contributed by atoms with van der Waals surface area (Å²) in [7, 11) is 0. The highest BCUT2D eigenvalue weighted by atomic mass is 35.5. The first-order valence-corrected chi connectivity index (χ1v) is 8.04. The molecule has 4 nitrogen and oxygen atoms in total. The standard InChI is InChI=1S/C17H12ClN3OS/c18-14-9-7-13(8-10-14)16(22)19-17-21-20-15(23-17)11-6-12-4-2-1-3-5-12/h1-11H,(H,19,21,22)/b11-6+. The number of nitrogens with zero attached hydrogens (tertiary/aromatic N) is 2. The molecule has 114 valence electrons. The molecular weight excluding hydrogens is 330 g/mol. The van der Waals surface area contributed by atoms with Gasteiger partial charge < -0.3 is 0 Å². The molecule has 0 saturated carbocycles. The van der Waals surface area contributed by atoms with Crippen LogP contribution in [-0.2, 0) is 0 Å². The van der Waals surface area contributed by atoms with Crippen molar-refractivity contribution in [2.24, 2.45) is 0 Å². The third-order valence-corrected chi connectivity index (χ3v) is 4.04. The van der Waals surface area contributed by atoms with Crippen molar-refractivity contribution in [3.8, 4) is 0 Å². The van der Waals surface area contributed by atoms with Crippen molar-refractivity contribution in [3.63, 3.8) is 0 Å². The van der Waals surface area contributed by atoms with E-state index in [9.17, 15) is 4.79 Å². The second-order valence-electron chi connectivity index (χ2n) is 4.65. The SMILES string of the molecule is O=C(Nc1nnc(/C=C/c2ccccc2)s1)c1ccc(Cl)cc1. The Bertz CT molecular complexity index is 829.